The van der Waals surface area contributed by atoms with Crippen LogP contribution in [0, 0.1) is 11.2 Å². The second kappa shape index (κ2) is 7.61. The highest BCUT2D eigenvalue weighted by Gasteiger charge is 2.73. The van der Waals surface area contributed by atoms with Gasteiger partial charge in [-0.05, 0) is 43.0 Å². The summed E-state index contributed by atoms with van der Waals surface area (Å²) in [5.74, 6) is -1.63. The van der Waals surface area contributed by atoms with E-state index in [2.05, 4.69) is 10.3 Å². The summed E-state index contributed by atoms with van der Waals surface area (Å²) in [6.07, 6.45) is -3.31. The number of hydrogen-bond acceptors (Lipinski definition) is 4. The maximum Gasteiger partial charge on any atom is 0.433 e. The second-order valence-corrected chi connectivity index (χ2v) is 8.83. The highest BCUT2D eigenvalue weighted by molar-refractivity contribution is 6.30. The maximum atomic E-state index is 13.7. The van der Waals surface area contributed by atoms with E-state index in [9.17, 15) is 27.2 Å². The Kier molecular flexibility index (Phi) is 5.31. The van der Waals surface area contributed by atoms with E-state index in [0.717, 1.165) is 18.3 Å². The van der Waals surface area contributed by atoms with Gasteiger partial charge in [0.25, 0.3) is 5.91 Å². The van der Waals surface area contributed by atoms with Crippen LogP contribution >= 0.6 is 11.6 Å². The van der Waals surface area contributed by atoms with Crippen LogP contribution in [-0.2, 0) is 22.2 Å². The molecule has 2 amide bonds. The summed E-state index contributed by atoms with van der Waals surface area (Å²) in [5, 5.41) is 2.80. The minimum Gasteiger partial charge on any atom is -0.480 e. The average Bonchev–Trinajstić information content (AvgIpc) is 2.64. The van der Waals surface area contributed by atoms with Crippen LogP contribution in [0.5, 0.6) is 5.75 Å². The van der Waals surface area contributed by atoms with Gasteiger partial charge in [-0.15, -0.1) is 0 Å². The van der Waals surface area contributed by atoms with Gasteiger partial charge in [0.15, 0.2) is 6.10 Å². The zero-order valence-corrected chi connectivity index (χ0v) is 17.3. The molecule has 3 fully saturated rings. The third-order valence-corrected chi connectivity index (χ3v) is 6.22. The van der Waals surface area contributed by atoms with Gasteiger partial charge in [-0.1, -0.05) is 17.7 Å². The van der Waals surface area contributed by atoms with Gasteiger partial charge in [-0.25, -0.2) is 4.39 Å². The summed E-state index contributed by atoms with van der Waals surface area (Å²) in [7, 11) is 0. The molecule has 1 unspecified atom stereocenters. The number of pyridine rings is 1. The number of alkyl halides is 3. The Morgan fingerprint density at radius 3 is 2.44 bits per heavy atom. The van der Waals surface area contributed by atoms with E-state index in [0.29, 0.717) is 24.8 Å². The zero-order chi connectivity index (χ0) is 23.3. The van der Waals surface area contributed by atoms with Crippen molar-refractivity contribution in [2.75, 3.05) is 0 Å². The number of carbonyl (C=O) groups excluding carboxylic acids is 2. The standard InChI is InChI=1S/C21H18ClF4N3O3/c22-13-3-2-12(6-14(13)23)32-17(18(27)31)19-8-20(9-19,10-19)29-16(30)5-11-1-4-15(28-7-11)21(24,25)26/h1-4,6-7,17H,5,8-10H2,(H2,27,31)(H,29,30). The Morgan fingerprint density at radius 1 is 1.22 bits per heavy atom. The number of ether oxygens (including phenoxy) is 1. The number of rotatable bonds is 7. The number of nitrogens with zero attached hydrogens (tertiary/aromatic N) is 1. The largest absolute Gasteiger partial charge is 0.480 e. The van der Waals surface area contributed by atoms with Crippen molar-refractivity contribution >= 4 is 23.4 Å². The van der Waals surface area contributed by atoms with E-state index >= 15 is 0 Å². The Bertz CT molecular complexity index is 1060. The van der Waals surface area contributed by atoms with Crippen molar-refractivity contribution in [1.29, 1.82) is 0 Å². The number of aromatic nitrogens is 1. The SMILES string of the molecule is NC(=O)C(Oc1ccc(Cl)c(F)c1)C12CC(NC(=O)Cc3ccc(C(F)(F)F)nc3)(C1)C2. The topological polar surface area (TPSA) is 94.3 Å². The van der Waals surface area contributed by atoms with Crippen molar-refractivity contribution in [2.24, 2.45) is 11.1 Å². The predicted octanol–water partition coefficient (Wildman–Crippen LogP) is 3.41. The van der Waals surface area contributed by atoms with Crippen molar-refractivity contribution in [3.8, 4) is 5.75 Å². The summed E-state index contributed by atoms with van der Waals surface area (Å²) in [6.45, 7) is 0. The Balaban J connectivity index is 1.34. The molecule has 32 heavy (non-hydrogen) atoms. The van der Waals surface area contributed by atoms with Crippen LogP contribution < -0.4 is 15.8 Å². The lowest BCUT2D eigenvalue weighted by Crippen LogP contribution is -2.79. The molecule has 1 aromatic heterocycles. The van der Waals surface area contributed by atoms with Crippen LogP contribution in [0.2, 0.25) is 5.02 Å². The third kappa shape index (κ3) is 4.11. The highest BCUT2D eigenvalue weighted by Crippen LogP contribution is 2.69. The molecule has 1 atom stereocenters. The number of primary amides is 1. The van der Waals surface area contributed by atoms with E-state index in [1.807, 2.05) is 0 Å². The first-order chi connectivity index (χ1) is 14.9. The number of nitrogens with two attached hydrogens (primary N) is 1. The lowest BCUT2D eigenvalue weighted by atomic mass is 9.37. The fraction of sp³-hybridized carbons (Fsp3) is 0.381. The van der Waals surface area contributed by atoms with Crippen LogP contribution in [0.15, 0.2) is 36.5 Å². The normalized spacial score (nSPS) is 24.7. The number of halogens is 5. The van der Waals surface area contributed by atoms with Crippen molar-refractivity contribution in [3.63, 3.8) is 0 Å². The number of amides is 2. The molecular weight excluding hydrogens is 454 g/mol. The molecule has 3 saturated carbocycles. The molecule has 2 bridgehead atoms. The molecule has 2 aromatic rings. The van der Waals surface area contributed by atoms with Crippen molar-refractivity contribution in [1.82, 2.24) is 10.3 Å². The highest BCUT2D eigenvalue weighted by atomic mass is 35.5. The van der Waals surface area contributed by atoms with Gasteiger partial charge in [0.1, 0.15) is 17.3 Å². The van der Waals surface area contributed by atoms with E-state index in [4.69, 9.17) is 22.1 Å². The number of hydrogen-bond donors (Lipinski definition) is 2. The fourth-order valence-corrected chi connectivity index (χ4v) is 4.79. The summed E-state index contributed by atoms with van der Waals surface area (Å²) in [6, 6.07) is 5.85. The minimum absolute atomic E-state index is 0.0802. The zero-order valence-electron chi connectivity index (χ0n) is 16.5. The van der Waals surface area contributed by atoms with E-state index < -0.39 is 40.7 Å². The molecule has 5 rings (SSSR count). The number of benzene rings is 1. The Morgan fingerprint density at radius 2 is 1.91 bits per heavy atom. The molecule has 1 aromatic carbocycles. The van der Waals surface area contributed by atoms with Gasteiger partial charge in [0.2, 0.25) is 5.91 Å². The molecule has 1 heterocycles. The number of nitrogens with one attached hydrogen (secondary N) is 1. The number of carbonyl (C=O) groups is 2. The van der Waals surface area contributed by atoms with Crippen LogP contribution in [0.4, 0.5) is 17.6 Å². The summed E-state index contributed by atoms with van der Waals surface area (Å²) in [4.78, 5) is 27.7. The van der Waals surface area contributed by atoms with Crippen LogP contribution in [-0.4, -0.2) is 28.4 Å². The molecule has 0 aliphatic heterocycles. The smallest absolute Gasteiger partial charge is 0.433 e. The quantitative estimate of drug-likeness (QED) is 0.605. The van der Waals surface area contributed by atoms with Gasteiger partial charge >= 0.3 is 6.18 Å². The van der Waals surface area contributed by atoms with Crippen molar-refractivity contribution < 1.29 is 31.9 Å². The maximum absolute atomic E-state index is 13.7. The summed E-state index contributed by atoms with van der Waals surface area (Å²) in [5.41, 5.74) is 3.74. The molecule has 0 spiro atoms. The molecule has 11 heteroatoms. The van der Waals surface area contributed by atoms with Gasteiger partial charge in [-0.3, -0.25) is 14.6 Å². The second-order valence-electron chi connectivity index (χ2n) is 8.42. The average molecular weight is 472 g/mol. The van der Waals surface area contributed by atoms with Crippen molar-refractivity contribution in [2.45, 2.75) is 43.5 Å². The summed E-state index contributed by atoms with van der Waals surface area (Å²) < 4.78 is 57.1. The van der Waals surface area contributed by atoms with Crippen molar-refractivity contribution in [3.05, 3.63) is 58.6 Å². The van der Waals surface area contributed by atoms with Crippen LogP contribution in [0.1, 0.15) is 30.5 Å². The molecule has 3 aliphatic rings. The molecule has 0 radical (unpaired) electrons. The van der Waals surface area contributed by atoms with Gasteiger partial charge in [0.05, 0.1) is 11.4 Å². The lowest BCUT2D eigenvalue weighted by molar-refractivity contribution is -0.207. The van der Waals surface area contributed by atoms with E-state index in [-0.39, 0.29) is 23.1 Å². The first-order valence-electron chi connectivity index (χ1n) is 9.66. The Hall–Kier alpha value is -2.88. The van der Waals surface area contributed by atoms with E-state index in [1.165, 1.54) is 18.2 Å². The third-order valence-electron chi connectivity index (χ3n) is 5.92. The van der Waals surface area contributed by atoms with Crippen LogP contribution in [0.25, 0.3) is 0 Å². The minimum atomic E-state index is -4.54. The first-order valence-corrected chi connectivity index (χ1v) is 10.0. The molecule has 170 valence electrons. The molecule has 3 aliphatic carbocycles. The fourth-order valence-electron chi connectivity index (χ4n) is 4.67. The molecule has 0 saturated heterocycles. The molecular formula is C21H18ClF4N3O3. The van der Waals surface area contributed by atoms with Crippen LogP contribution in [0.3, 0.4) is 0 Å². The summed E-state index contributed by atoms with van der Waals surface area (Å²) >= 11 is 5.65. The van der Waals surface area contributed by atoms with E-state index in [1.54, 1.807) is 0 Å². The molecule has 3 N–H and O–H groups in total. The predicted molar refractivity (Wildman–Crippen MR) is 105 cm³/mol. The lowest BCUT2D eigenvalue weighted by Gasteiger charge is -2.71. The van der Waals surface area contributed by atoms with Gasteiger partial charge < -0.3 is 15.8 Å². The van der Waals surface area contributed by atoms with Gasteiger partial charge in [0, 0.05) is 23.2 Å². The first kappa shape index (κ1) is 22.3. The molecule has 6 nitrogen and oxygen atoms in total. The van der Waals surface area contributed by atoms with Gasteiger partial charge in [-0.2, -0.15) is 13.2 Å². The monoisotopic (exact) mass is 471 g/mol. The Labute approximate surface area is 185 Å².